The van der Waals surface area contributed by atoms with E-state index < -0.39 is 10.0 Å². The Bertz CT molecular complexity index is 483. The summed E-state index contributed by atoms with van der Waals surface area (Å²) < 4.78 is 25.2. The third-order valence-corrected chi connectivity index (χ3v) is 5.29. The quantitative estimate of drug-likeness (QED) is 0.798. The van der Waals surface area contributed by atoms with E-state index in [9.17, 15) is 8.42 Å². The number of aromatic nitrogens is 1. The lowest BCUT2D eigenvalue weighted by molar-refractivity contribution is 0.259. The van der Waals surface area contributed by atoms with E-state index in [1.807, 2.05) is 26.1 Å². The Labute approximate surface area is 108 Å². The van der Waals surface area contributed by atoms with E-state index in [2.05, 4.69) is 9.88 Å². The van der Waals surface area contributed by atoms with Gasteiger partial charge in [0, 0.05) is 26.3 Å². The second-order valence-electron chi connectivity index (χ2n) is 4.61. The molecule has 0 spiro atoms. The number of hydrogen-bond donors (Lipinski definition) is 0. The molecule has 2 heterocycles. The molecule has 1 aliphatic heterocycles. The molecule has 1 aromatic heterocycles. The third-order valence-electron chi connectivity index (χ3n) is 3.29. The van der Waals surface area contributed by atoms with Crippen molar-refractivity contribution in [2.45, 2.75) is 19.4 Å². The molecular weight excluding hydrogens is 250 g/mol. The Morgan fingerprint density at radius 2 is 2.22 bits per heavy atom. The van der Waals surface area contributed by atoms with Crippen LogP contribution in [-0.4, -0.2) is 49.6 Å². The summed E-state index contributed by atoms with van der Waals surface area (Å²) in [5, 5.41) is 0. The summed E-state index contributed by atoms with van der Waals surface area (Å²) in [5.41, 5.74) is 1.02. The van der Waals surface area contributed by atoms with Crippen molar-refractivity contribution in [3.63, 3.8) is 0 Å². The Kier molecular flexibility index (Phi) is 3.87. The zero-order chi connectivity index (χ0) is 13.2. The first-order chi connectivity index (χ1) is 8.54. The smallest absolute Gasteiger partial charge is 0.214 e. The molecular formula is C12H19N3O2S. The number of hydrogen-bond acceptors (Lipinski definition) is 4. The van der Waals surface area contributed by atoms with Crippen LogP contribution in [0.4, 0.5) is 5.69 Å². The fraction of sp³-hybridized carbons (Fsp3) is 0.583. The number of likely N-dealkylation sites (N-methyl/N-ethyl adjacent to an activating group) is 1. The van der Waals surface area contributed by atoms with Gasteiger partial charge in [0.2, 0.25) is 10.0 Å². The van der Waals surface area contributed by atoms with Gasteiger partial charge in [0.25, 0.3) is 0 Å². The number of nitrogens with zero attached hydrogens (tertiary/aromatic N) is 3. The maximum absolute atomic E-state index is 11.8. The largest absolute Gasteiger partial charge is 0.368 e. The minimum Gasteiger partial charge on any atom is -0.368 e. The van der Waals surface area contributed by atoms with E-state index in [0.717, 1.165) is 5.69 Å². The summed E-state index contributed by atoms with van der Waals surface area (Å²) in [6, 6.07) is 4.12. The van der Waals surface area contributed by atoms with Crippen LogP contribution in [0.1, 0.15) is 13.3 Å². The standard InChI is InChI=1S/C12H19N3O2S/c1-3-7-18(16,17)15-9-12(10-15)14(2)11-5-4-6-13-8-11/h4-6,8,12H,3,7,9-10H2,1-2H3. The summed E-state index contributed by atoms with van der Waals surface area (Å²) in [6.45, 7) is 3.04. The number of sulfonamides is 1. The normalized spacial score (nSPS) is 17.4. The van der Waals surface area contributed by atoms with Gasteiger partial charge in [-0.15, -0.1) is 0 Å². The monoisotopic (exact) mass is 269 g/mol. The van der Waals surface area contributed by atoms with Gasteiger partial charge in [-0.1, -0.05) is 6.92 Å². The molecule has 1 aromatic rings. The van der Waals surface area contributed by atoms with Crippen LogP contribution in [0.3, 0.4) is 0 Å². The molecule has 0 unspecified atom stereocenters. The zero-order valence-electron chi connectivity index (χ0n) is 10.8. The highest BCUT2D eigenvalue weighted by Gasteiger charge is 2.37. The van der Waals surface area contributed by atoms with E-state index in [0.29, 0.717) is 19.5 Å². The maximum Gasteiger partial charge on any atom is 0.214 e. The zero-order valence-corrected chi connectivity index (χ0v) is 11.6. The second kappa shape index (κ2) is 5.24. The predicted molar refractivity (Wildman–Crippen MR) is 72.1 cm³/mol. The Balaban J connectivity index is 1.94. The van der Waals surface area contributed by atoms with E-state index >= 15 is 0 Å². The minimum atomic E-state index is -3.03. The van der Waals surface area contributed by atoms with Crippen molar-refractivity contribution in [2.24, 2.45) is 0 Å². The average molecular weight is 269 g/mol. The molecule has 1 saturated heterocycles. The van der Waals surface area contributed by atoms with Crippen LogP contribution in [0.2, 0.25) is 0 Å². The van der Waals surface area contributed by atoms with Gasteiger partial charge in [-0.3, -0.25) is 4.98 Å². The molecule has 5 nitrogen and oxygen atoms in total. The molecule has 1 aliphatic rings. The van der Waals surface area contributed by atoms with Gasteiger partial charge in [0.05, 0.1) is 23.7 Å². The van der Waals surface area contributed by atoms with E-state index in [4.69, 9.17) is 0 Å². The van der Waals surface area contributed by atoms with Gasteiger partial charge in [0.1, 0.15) is 0 Å². The highest BCUT2D eigenvalue weighted by molar-refractivity contribution is 7.89. The van der Waals surface area contributed by atoms with Crippen molar-refractivity contribution in [3.8, 4) is 0 Å². The first-order valence-electron chi connectivity index (χ1n) is 6.15. The maximum atomic E-state index is 11.8. The van der Waals surface area contributed by atoms with Crippen molar-refractivity contribution < 1.29 is 8.42 Å². The molecule has 100 valence electrons. The summed E-state index contributed by atoms with van der Waals surface area (Å²) in [7, 11) is -1.05. The summed E-state index contributed by atoms with van der Waals surface area (Å²) in [6.07, 6.45) is 4.20. The molecule has 0 saturated carbocycles. The summed E-state index contributed by atoms with van der Waals surface area (Å²) in [5.74, 6) is 0.246. The molecule has 2 rings (SSSR count). The van der Waals surface area contributed by atoms with E-state index in [-0.39, 0.29) is 11.8 Å². The van der Waals surface area contributed by atoms with Gasteiger partial charge >= 0.3 is 0 Å². The molecule has 0 bridgehead atoms. The first kappa shape index (κ1) is 13.3. The lowest BCUT2D eigenvalue weighted by Crippen LogP contribution is -2.60. The average Bonchev–Trinajstić information content (AvgIpc) is 2.27. The second-order valence-corrected chi connectivity index (χ2v) is 6.70. The molecule has 0 aliphatic carbocycles. The predicted octanol–water partition coefficient (Wildman–Crippen LogP) is 0.942. The minimum absolute atomic E-state index is 0.246. The van der Waals surface area contributed by atoms with Crippen molar-refractivity contribution in [1.29, 1.82) is 0 Å². The third kappa shape index (κ3) is 2.64. The summed E-state index contributed by atoms with van der Waals surface area (Å²) in [4.78, 5) is 6.16. The fourth-order valence-corrected chi connectivity index (χ4v) is 3.62. The molecule has 0 N–H and O–H groups in total. The van der Waals surface area contributed by atoms with Crippen LogP contribution in [-0.2, 0) is 10.0 Å². The van der Waals surface area contributed by atoms with Gasteiger partial charge in [-0.25, -0.2) is 8.42 Å². The highest BCUT2D eigenvalue weighted by atomic mass is 32.2. The summed E-state index contributed by atoms with van der Waals surface area (Å²) >= 11 is 0. The lowest BCUT2D eigenvalue weighted by atomic mass is 10.1. The van der Waals surface area contributed by atoms with Crippen molar-refractivity contribution in [2.75, 3.05) is 30.8 Å². The SMILES string of the molecule is CCCS(=O)(=O)N1CC(N(C)c2cccnc2)C1. The highest BCUT2D eigenvalue weighted by Crippen LogP contribution is 2.22. The Hall–Kier alpha value is -1.14. The fourth-order valence-electron chi connectivity index (χ4n) is 2.05. The molecule has 0 aromatic carbocycles. The van der Waals surface area contributed by atoms with Gasteiger partial charge in [-0.2, -0.15) is 4.31 Å². The molecule has 0 amide bonds. The van der Waals surface area contributed by atoms with Crippen LogP contribution in [0.25, 0.3) is 0 Å². The number of rotatable bonds is 5. The van der Waals surface area contributed by atoms with Crippen molar-refractivity contribution >= 4 is 15.7 Å². The van der Waals surface area contributed by atoms with Gasteiger partial charge in [-0.05, 0) is 18.6 Å². The van der Waals surface area contributed by atoms with Gasteiger partial charge in [0.15, 0.2) is 0 Å². The van der Waals surface area contributed by atoms with Crippen LogP contribution in [0, 0.1) is 0 Å². The van der Waals surface area contributed by atoms with Crippen LogP contribution in [0.5, 0.6) is 0 Å². The molecule has 18 heavy (non-hydrogen) atoms. The number of pyridine rings is 1. The van der Waals surface area contributed by atoms with E-state index in [1.54, 1.807) is 16.7 Å². The van der Waals surface area contributed by atoms with Crippen LogP contribution < -0.4 is 4.90 Å². The molecule has 1 fully saturated rings. The van der Waals surface area contributed by atoms with Crippen molar-refractivity contribution in [1.82, 2.24) is 9.29 Å². The number of anilines is 1. The lowest BCUT2D eigenvalue weighted by Gasteiger charge is -2.43. The molecule has 0 radical (unpaired) electrons. The molecule has 0 atom stereocenters. The van der Waals surface area contributed by atoms with Crippen LogP contribution >= 0.6 is 0 Å². The first-order valence-corrected chi connectivity index (χ1v) is 7.76. The van der Waals surface area contributed by atoms with Crippen molar-refractivity contribution in [3.05, 3.63) is 24.5 Å². The molecule has 6 heteroatoms. The van der Waals surface area contributed by atoms with E-state index in [1.165, 1.54) is 0 Å². The van der Waals surface area contributed by atoms with Gasteiger partial charge < -0.3 is 4.90 Å². The Morgan fingerprint density at radius 3 is 2.78 bits per heavy atom. The Morgan fingerprint density at radius 1 is 1.50 bits per heavy atom. The van der Waals surface area contributed by atoms with Crippen LogP contribution in [0.15, 0.2) is 24.5 Å². The topological polar surface area (TPSA) is 53.5 Å².